The Morgan fingerprint density at radius 2 is 1.79 bits per heavy atom. The van der Waals surface area contributed by atoms with Crippen molar-refractivity contribution in [2.24, 2.45) is 5.92 Å². The molecule has 1 aromatic heterocycles. The van der Waals surface area contributed by atoms with Crippen LogP contribution in [0, 0.1) is 16.4 Å². The standard InChI is InChI=1S/C15H16ClIN2/c1-9(2)8-12-13(17)14(16)19-15(18-12)11-6-4-10(3)5-7-11/h4-7,9H,8H2,1-3H3. The van der Waals surface area contributed by atoms with E-state index >= 15 is 0 Å². The number of aryl methyl sites for hydroxylation is 1. The Morgan fingerprint density at radius 1 is 1.16 bits per heavy atom. The topological polar surface area (TPSA) is 25.8 Å². The summed E-state index contributed by atoms with van der Waals surface area (Å²) in [5.74, 6) is 1.26. The number of hydrogen-bond acceptors (Lipinski definition) is 2. The average Bonchev–Trinajstić information content (AvgIpc) is 2.35. The molecule has 0 saturated heterocycles. The molecular weight excluding hydrogens is 371 g/mol. The lowest BCUT2D eigenvalue weighted by Crippen LogP contribution is -2.04. The summed E-state index contributed by atoms with van der Waals surface area (Å²) in [6.45, 7) is 6.42. The lowest BCUT2D eigenvalue weighted by Gasteiger charge is -2.10. The van der Waals surface area contributed by atoms with Gasteiger partial charge in [-0.25, -0.2) is 9.97 Å². The first-order valence-electron chi connectivity index (χ1n) is 6.26. The van der Waals surface area contributed by atoms with Crippen molar-refractivity contribution in [3.63, 3.8) is 0 Å². The second-order valence-electron chi connectivity index (χ2n) is 5.06. The zero-order valence-corrected chi connectivity index (χ0v) is 14.2. The first-order valence-corrected chi connectivity index (χ1v) is 7.72. The van der Waals surface area contributed by atoms with E-state index in [0.717, 1.165) is 21.2 Å². The highest BCUT2D eigenvalue weighted by Crippen LogP contribution is 2.25. The van der Waals surface area contributed by atoms with E-state index in [1.54, 1.807) is 0 Å². The Morgan fingerprint density at radius 3 is 2.37 bits per heavy atom. The van der Waals surface area contributed by atoms with Crippen LogP contribution in [0.2, 0.25) is 5.15 Å². The Hall–Kier alpha value is -0.680. The van der Waals surface area contributed by atoms with Gasteiger partial charge < -0.3 is 0 Å². The van der Waals surface area contributed by atoms with Gasteiger partial charge in [0.05, 0.1) is 9.26 Å². The van der Waals surface area contributed by atoms with Crippen molar-refractivity contribution in [3.05, 3.63) is 44.2 Å². The van der Waals surface area contributed by atoms with Crippen LogP contribution in [0.15, 0.2) is 24.3 Å². The number of aromatic nitrogens is 2. The quantitative estimate of drug-likeness (QED) is 0.553. The lowest BCUT2D eigenvalue weighted by atomic mass is 10.1. The number of benzene rings is 1. The molecule has 2 aromatic rings. The summed E-state index contributed by atoms with van der Waals surface area (Å²) in [5, 5.41) is 0.543. The van der Waals surface area contributed by atoms with E-state index < -0.39 is 0 Å². The largest absolute Gasteiger partial charge is 0.232 e. The second-order valence-corrected chi connectivity index (χ2v) is 6.50. The van der Waals surface area contributed by atoms with Crippen LogP contribution in [0.4, 0.5) is 0 Å². The van der Waals surface area contributed by atoms with Gasteiger partial charge in [-0.15, -0.1) is 0 Å². The molecule has 1 aromatic carbocycles. The molecule has 0 saturated carbocycles. The van der Waals surface area contributed by atoms with Gasteiger partial charge in [0.25, 0.3) is 0 Å². The average molecular weight is 387 g/mol. The van der Waals surface area contributed by atoms with Gasteiger partial charge >= 0.3 is 0 Å². The van der Waals surface area contributed by atoms with Crippen molar-refractivity contribution in [3.8, 4) is 11.4 Å². The van der Waals surface area contributed by atoms with Gasteiger partial charge in [0.2, 0.25) is 0 Å². The minimum Gasteiger partial charge on any atom is -0.232 e. The van der Waals surface area contributed by atoms with E-state index in [4.69, 9.17) is 11.6 Å². The highest BCUT2D eigenvalue weighted by atomic mass is 127. The fourth-order valence-corrected chi connectivity index (χ4v) is 2.47. The maximum Gasteiger partial charge on any atom is 0.161 e. The van der Waals surface area contributed by atoms with Gasteiger partial charge in [-0.05, 0) is 41.9 Å². The molecule has 0 aliphatic heterocycles. The van der Waals surface area contributed by atoms with Crippen LogP contribution in [0.5, 0.6) is 0 Å². The van der Waals surface area contributed by atoms with E-state index in [-0.39, 0.29) is 0 Å². The van der Waals surface area contributed by atoms with Gasteiger partial charge in [0.1, 0.15) is 5.15 Å². The molecule has 1 heterocycles. The molecule has 0 radical (unpaired) electrons. The maximum atomic E-state index is 6.22. The van der Waals surface area contributed by atoms with Crippen LogP contribution in [0.1, 0.15) is 25.1 Å². The van der Waals surface area contributed by atoms with Crippen LogP contribution in [0.3, 0.4) is 0 Å². The molecule has 0 spiro atoms. The predicted octanol–water partition coefficient (Wildman–Crippen LogP) is 4.91. The van der Waals surface area contributed by atoms with Crippen LogP contribution >= 0.6 is 34.2 Å². The monoisotopic (exact) mass is 386 g/mol. The molecule has 0 fully saturated rings. The van der Waals surface area contributed by atoms with Gasteiger partial charge in [0, 0.05) is 5.56 Å². The third-order valence-corrected chi connectivity index (χ3v) is 4.52. The normalized spacial score (nSPS) is 11.1. The third-order valence-electron chi connectivity index (χ3n) is 2.79. The van der Waals surface area contributed by atoms with E-state index in [9.17, 15) is 0 Å². The van der Waals surface area contributed by atoms with Crippen LogP contribution in [-0.4, -0.2) is 9.97 Å². The molecule has 100 valence electrons. The second kappa shape index (κ2) is 6.18. The van der Waals surface area contributed by atoms with Crippen molar-refractivity contribution in [1.82, 2.24) is 9.97 Å². The van der Waals surface area contributed by atoms with E-state index in [1.165, 1.54) is 5.56 Å². The summed E-state index contributed by atoms with van der Waals surface area (Å²) in [6, 6.07) is 8.19. The number of halogens is 2. The molecule has 0 bridgehead atoms. The molecule has 19 heavy (non-hydrogen) atoms. The van der Waals surface area contributed by atoms with Crippen molar-refractivity contribution >= 4 is 34.2 Å². The van der Waals surface area contributed by atoms with Gasteiger partial charge in [0.15, 0.2) is 5.82 Å². The lowest BCUT2D eigenvalue weighted by molar-refractivity contribution is 0.632. The van der Waals surface area contributed by atoms with Crippen molar-refractivity contribution in [2.45, 2.75) is 27.2 Å². The fraction of sp³-hybridized carbons (Fsp3) is 0.333. The number of nitrogens with zero attached hydrogens (tertiary/aromatic N) is 2. The van der Waals surface area contributed by atoms with Crippen molar-refractivity contribution < 1.29 is 0 Å². The van der Waals surface area contributed by atoms with Gasteiger partial charge in [-0.1, -0.05) is 55.3 Å². The van der Waals surface area contributed by atoms with E-state index in [0.29, 0.717) is 16.9 Å². The fourth-order valence-electron chi connectivity index (χ4n) is 1.82. The first-order chi connectivity index (χ1) is 8.97. The summed E-state index contributed by atoms with van der Waals surface area (Å²) in [5.41, 5.74) is 3.27. The Kier molecular flexibility index (Phi) is 4.79. The minimum absolute atomic E-state index is 0.543. The Balaban J connectivity index is 2.46. The van der Waals surface area contributed by atoms with Crippen LogP contribution in [-0.2, 0) is 6.42 Å². The smallest absolute Gasteiger partial charge is 0.161 e. The van der Waals surface area contributed by atoms with Crippen molar-refractivity contribution in [1.29, 1.82) is 0 Å². The molecule has 0 amide bonds. The van der Waals surface area contributed by atoms with Crippen molar-refractivity contribution in [2.75, 3.05) is 0 Å². The number of hydrogen-bond donors (Lipinski definition) is 0. The maximum absolute atomic E-state index is 6.22. The zero-order valence-electron chi connectivity index (χ0n) is 11.2. The summed E-state index contributed by atoms with van der Waals surface area (Å²) in [6.07, 6.45) is 0.916. The molecule has 4 heteroatoms. The first kappa shape index (κ1) is 14.7. The number of rotatable bonds is 3. The molecule has 0 unspecified atom stereocenters. The molecule has 0 aliphatic rings. The van der Waals surface area contributed by atoms with Gasteiger partial charge in [-0.3, -0.25) is 0 Å². The molecule has 0 N–H and O–H groups in total. The van der Waals surface area contributed by atoms with E-state index in [2.05, 4.69) is 65.5 Å². The summed E-state index contributed by atoms with van der Waals surface area (Å²) >= 11 is 8.45. The molecule has 0 atom stereocenters. The highest BCUT2D eigenvalue weighted by molar-refractivity contribution is 14.1. The summed E-state index contributed by atoms with van der Waals surface area (Å²) in [4.78, 5) is 9.06. The molecular formula is C15H16ClIN2. The molecule has 2 rings (SSSR count). The van der Waals surface area contributed by atoms with Crippen LogP contribution < -0.4 is 0 Å². The minimum atomic E-state index is 0.543. The van der Waals surface area contributed by atoms with Crippen LogP contribution in [0.25, 0.3) is 11.4 Å². The van der Waals surface area contributed by atoms with Gasteiger partial charge in [-0.2, -0.15) is 0 Å². The highest BCUT2D eigenvalue weighted by Gasteiger charge is 2.13. The van der Waals surface area contributed by atoms with E-state index in [1.807, 2.05) is 12.1 Å². The Labute approximate surface area is 132 Å². The zero-order chi connectivity index (χ0) is 14.0. The molecule has 0 aliphatic carbocycles. The predicted molar refractivity (Wildman–Crippen MR) is 88.5 cm³/mol. The summed E-state index contributed by atoms with van der Waals surface area (Å²) < 4.78 is 0.962. The Bertz CT molecular complexity index is 579. The third kappa shape index (κ3) is 3.66. The summed E-state index contributed by atoms with van der Waals surface area (Å²) in [7, 11) is 0. The SMILES string of the molecule is Cc1ccc(-c2nc(Cl)c(I)c(CC(C)C)n2)cc1. The molecule has 2 nitrogen and oxygen atoms in total.